The fourth-order valence-corrected chi connectivity index (χ4v) is 8.39. The highest BCUT2D eigenvalue weighted by atomic mass is 32.1. The third kappa shape index (κ3) is 2.94. The zero-order valence-corrected chi connectivity index (χ0v) is 23.4. The summed E-state index contributed by atoms with van der Waals surface area (Å²) in [6.45, 7) is -0.217. The lowest BCUT2D eigenvalue weighted by Crippen LogP contribution is -2.56. The van der Waals surface area contributed by atoms with E-state index in [0.717, 1.165) is 17.0 Å². The van der Waals surface area contributed by atoms with E-state index in [9.17, 15) is 0 Å². The predicted octanol–water partition coefficient (Wildman–Crippen LogP) is 9.31. The second-order valence-electron chi connectivity index (χ2n) is 11.2. The summed E-state index contributed by atoms with van der Waals surface area (Å²) in [5, 5.41) is 7.53. The predicted molar refractivity (Wildman–Crippen MR) is 180 cm³/mol. The van der Waals surface area contributed by atoms with Gasteiger partial charge < -0.3 is 9.55 Å². The smallest absolute Gasteiger partial charge is 0.432 e. The monoisotopic (exact) mass is 551 g/mol. The molecular formula is C38H22BNOS. The molecule has 0 amide bonds. The summed E-state index contributed by atoms with van der Waals surface area (Å²) >= 11 is 1.88. The minimum absolute atomic E-state index is 0.217. The lowest BCUT2D eigenvalue weighted by atomic mass is 9.48. The van der Waals surface area contributed by atoms with Crippen LogP contribution in [0.25, 0.3) is 52.8 Å². The molecule has 7 aromatic carbocycles. The van der Waals surface area contributed by atoms with Crippen LogP contribution in [0.1, 0.15) is 0 Å². The molecule has 3 heterocycles. The van der Waals surface area contributed by atoms with E-state index in [1.165, 1.54) is 69.6 Å². The van der Waals surface area contributed by atoms with Gasteiger partial charge in [-0.25, -0.2) is 0 Å². The standard InChI is InChI=1S/C38H22BNOS/c1-2-11-25-21-26(19-17-23(25)9-1)40-31-20-18-24-10-3-4-12-27(24)36(31)39-37-30(28-13-5-7-15-32(28)41-39)22-34-35(38(37)40)29-14-6-8-16-33(29)42-34/h1-22H. The molecule has 42 heavy (non-hydrogen) atoms. The Hall–Kier alpha value is -5.06. The molecule has 0 spiro atoms. The van der Waals surface area contributed by atoms with Crippen LogP contribution in [0.2, 0.25) is 0 Å². The van der Waals surface area contributed by atoms with Gasteiger partial charge in [-0.05, 0) is 63.5 Å². The normalized spacial score (nSPS) is 13.3. The molecule has 1 aromatic heterocycles. The van der Waals surface area contributed by atoms with Crippen molar-refractivity contribution in [2.75, 3.05) is 4.90 Å². The molecule has 0 unspecified atom stereocenters. The lowest BCUT2D eigenvalue weighted by molar-refractivity contribution is 0.590. The average molecular weight is 551 g/mol. The van der Waals surface area contributed by atoms with Gasteiger partial charge in [0.25, 0.3) is 0 Å². The number of rotatable bonds is 1. The van der Waals surface area contributed by atoms with Crippen molar-refractivity contribution in [3.63, 3.8) is 0 Å². The molecule has 2 aliphatic heterocycles. The molecule has 4 heteroatoms. The molecule has 0 saturated heterocycles. The van der Waals surface area contributed by atoms with Gasteiger partial charge in [0.15, 0.2) is 0 Å². The quantitative estimate of drug-likeness (QED) is 0.189. The summed E-state index contributed by atoms with van der Waals surface area (Å²) < 4.78 is 9.65. The molecule has 0 bridgehead atoms. The Morgan fingerprint density at radius 2 is 1.29 bits per heavy atom. The molecule has 0 radical (unpaired) electrons. The van der Waals surface area contributed by atoms with Gasteiger partial charge in [-0.2, -0.15) is 0 Å². The molecule has 0 N–H and O–H groups in total. The van der Waals surface area contributed by atoms with E-state index in [4.69, 9.17) is 4.65 Å². The molecule has 0 aliphatic carbocycles. The van der Waals surface area contributed by atoms with Crippen LogP contribution < -0.4 is 20.5 Å². The Balaban J connectivity index is 1.43. The Labute approximate surface area is 247 Å². The number of nitrogens with zero attached hydrogens (tertiary/aromatic N) is 1. The maximum atomic E-state index is 7.04. The van der Waals surface area contributed by atoms with Crippen molar-refractivity contribution in [2.24, 2.45) is 0 Å². The highest BCUT2D eigenvalue weighted by Crippen LogP contribution is 2.50. The van der Waals surface area contributed by atoms with Gasteiger partial charge in [0, 0.05) is 48.0 Å². The van der Waals surface area contributed by atoms with E-state index < -0.39 is 0 Å². The van der Waals surface area contributed by atoms with Crippen LogP contribution >= 0.6 is 11.3 Å². The van der Waals surface area contributed by atoms with Crippen molar-refractivity contribution in [3.05, 3.63) is 133 Å². The molecular weight excluding hydrogens is 529 g/mol. The average Bonchev–Trinajstić information content (AvgIpc) is 3.43. The third-order valence-electron chi connectivity index (χ3n) is 9.03. The molecule has 194 valence electrons. The highest BCUT2D eigenvalue weighted by Gasteiger charge is 2.44. The number of thiophene rings is 1. The molecule has 8 aromatic rings. The summed E-state index contributed by atoms with van der Waals surface area (Å²) in [7, 11) is 0. The topological polar surface area (TPSA) is 12.5 Å². The minimum Gasteiger partial charge on any atom is -0.551 e. The second-order valence-corrected chi connectivity index (χ2v) is 12.3. The van der Waals surface area contributed by atoms with E-state index in [1.807, 2.05) is 11.3 Å². The van der Waals surface area contributed by atoms with Crippen molar-refractivity contribution >= 4 is 88.0 Å². The van der Waals surface area contributed by atoms with Crippen LogP contribution in [0, 0.1) is 0 Å². The zero-order valence-electron chi connectivity index (χ0n) is 22.5. The lowest BCUT2D eigenvalue weighted by Gasteiger charge is -2.40. The van der Waals surface area contributed by atoms with Crippen molar-refractivity contribution in [1.82, 2.24) is 0 Å². The first-order valence-electron chi connectivity index (χ1n) is 14.4. The molecule has 2 aliphatic rings. The van der Waals surface area contributed by atoms with Crippen LogP contribution in [0.4, 0.5) is 17.1 Å². The first-order chi connectivity index (χ1) is 20.8. The van der Waals surface area contributed by atoms with E-state index in [-0.39, 0.29) is 6.92 Å². The minimum atomic E-state index is -0.217. The van der Waals surface area contributed by atoms with Crippen LogP contribution in [-0.4, -0.2) is 6.92 Å². The highest BCUT2D eigenvalue weighted by molar-refractivity contribution is 7.26. The van der Waals surface area contributed by atoms with E-state index >= 15 is 0 Å². The van der Waals surface area contributed by atoms with Crippen LogP contribution in [-0.2, 0) is 0 Å². The zero-order chi connectivity index (χ0) is 27.4. The Morgan fingerprint density at radius 1 is 0.548 bits per heavy atom. The van der Waals surface area contributed by atoms with Crippen LogP contribution in [0.15, 0.2) is 133 Å². The first kappa shape index (κ1) is 22.6. The van der Waals surface area contributed by atoms with Gasteiger partial charge in [0.1, 0.15) is 5.75 Å². The molecule has 0 fully saturated rings. The SMILES string of the molecule is c1ccc2c(c1)OB1c3c-2cc2sc4ccccc4c2c3N(c2ccc3ccccc3c2)c2ccc3ccccc3c21. The fraction of sp³-hybridized carbons (Fsp3) is 0. The van der Waals surface area contributed by atoms with Crippen molar-refractivity contribution in [2.45, 2.75) is 0 Å². The van der Waals surface area contributed by atoms with Gasteiger partial charge >= 0.3 is 6.92 Å². The van der Waals surface area contributed by atoms with Gasteiger partial charge in [-0.3, -0.25) is 0 Å². The number of benzene rings is 7. The third-order valence-corrected chi connectivity index (χ3v) is 10.1. The number of para-hydroxylation sites is 1. The first-order valence-corrected chi connectivity index (χ1v) is 15.2. The summed E-state index contributed by atoms with van der Waals surface area (Å²) in [6, 6.07) is 48.6. The molecule has 2 nitrogen and oxygen atoms in total. The van der Waals surface area contributed by atoms with Gasteiger partial charge in [-0.1, -0.05) is 97.1 Å². The van der Waals surface area contributed by atoms with Crippen LogP contribution in [0.3, 0.4) is 0 Å². The Bertz CT molecular complexity index is 2430. The summed E-state index contributed by atoms with van der Waals surface area (Å²) in [5.74, 6) is 0.944. The maximum absolute atomic E-state index is 7.04. The number of anilines is 3. The number of hydrogen-bond acceptors (Lipinski definition) is 3. The van der Waals surface area contributed by atoms with Crippen LogP contribution in [0.5, 0.6) is 5.75 Å². The van der Waals surface area contributed by atoms with E-state index in [0.29, 0.717) is 0 Å². The van der Waals surface area contributed by atoms with Crippen molar-refractivity contribution in [3.8, 4) is 16.9 Å². The maximum Gasteiger partial charge on any atom is 0.432 e. The van der Waals surface area contributed by atoms with E-state index in [2.05, 4.69) is 138 Å². The second kappa shape index (κ2) is 8.25. The summed E-state index contributed by atoms with van der Waals surface area (Å²) in [4.78, 5) is 2.52. The van der Waals surface area contributed by atoms with Crippen molar-refractivity contribution < 1.29 is 4.65 Å². The number of hydrogen-bond donors (Lipinski definition) is 0. The number of fused-ring (bicyclic) bond motifs is 11. The molecule has 0 saturated carbocycles. The van der Waals surface area contributed by atoms with Gasteiger partial charge in [-0.15, -0.1) is 11.3 Å². The fourth-order valence-electron chi connectivity index (χ4n) is 7.24. The Morgan fingerprint density at radius 3 is 2.21 bits per heavy atom. The largest absolute Gasteiger partial charge is 0.551 e. The van der Waals surface area contributed by atoms with Crippen molar-refractivity contribution in [1.29, 1.82) is 0 Å². The Kier molecular flexibility index (Phi) is 4.44. The van der Waals surface area contributed by atoms with Gasteiger partial charge in [0.05, 0.1) is 5.69 Å². The molecule has 10 rings (SSSR count). The molecule has 0 atom stereocenters. The van der Waals surface area contributed by atoms with E-state index in [1.54, 1.807) is 0 Å². The summed E-state index contributed by atoms with van der Waals surface area (Å²) in [6.07, 6.45) is 0. The van der Waals surface area contributed by atoms with Gasteiger partial charge in [0.2, 0.25) is 0 Å². The summed E-state index contributed by atoms with van der Waals surface area (Å²) in [5.41, 5.74) is 8.47.